The molecule has 0 amide bonds. The molecule has 0 atom stereocenters. The quantitative estimate of drug-likeness (QED) is 0.561. The van der Waals surface area contributed by atoms with E-state index in [1.807, 2.05) is 12.1 Å². The molecular weight excluding hydrogens is 100 g/mol. The number of rotatable bonds is 2. The minimum absolute atomic E-state index is 0.715. The molecule has 1 rings (SSSR count). The molecule has 0 fully saturated rings. The summed E-state index contributed by atoms with van der Waals surface area (Å²) in [7, 11) is 0. The second kappa shape index (κ2) is 2.36. The van der Waals surface area contributed by atoms with E-state index in [2.05, 4.69) is 0 Å². The average molecular weight is 107 g/mol. The fraction of sp³-hybridized carbons (Fsp3) is 0.143. The van der Waals surface area contributed by atoms with Crippen molar-refractivity contribution in [3.05, 3.63) is 36.8 Å². The van der Waals surface area contributed by atoms with E-state index in [1.54, 1.807) is 12.3 Å². The van der Waals surface area contributed by atoms with Gasteiger partial charge in [-0.05, 0) is 12.1 Å². The zero-order valence-electron chi connectivity index (χ0n) is 4.50. The van der Waals surface area contributed by atoms with Crippen LogP contribution in [0.25, 0.3) is 0 Å². The molecule has 0 bridgehead atoms. The van der Waals surface area contributed by atoms with Crippen molar-refractivity contribution in [3.63, 3.8) is 0 Å². The van der Waals surface area contributed by atoms with E-state index >= 15 is 0 Å². The summed E-state index contributed by atoms with van der Waals surface area (Å²) < 4.78 is 4.96. The SMILES string of the molecule is [CH]=CCc1ccco1. The first-order chi connectivity index (χ1) is 3.93. The standard InChI is InChI=1S/C7H7O/c1-2-4-7-5-3-6-8-7/h1-3,5-6H,4H2. The molecule has 8 heavy (non-hydrogen) atoms. The van der Waals surface area contributed by atoms with Gasteiger partial charge in [0.1, 0.15) is 5.76 Å². The van der Waals surface area contributed by atoms with Crippen LogP contribution >= 0.6 is 0 Å². The summed E-state index contributed by atoms with van der Waals surface area (Å²) in [6, 6.07) is 3.74. The van der Waals surface area contributed by atoms with Gasteiger partial charge in [0.15, 0.2) is 0 Å². The largest absolute Gasteiger partial charge is 0.469 e. The van der Waals surface area contributed by atoms with Gasteiger partial charge in [-0.15, -0.1) is 0 Å². The molecule has 0 unspecified atom stereocenters. The third-order valence-electron chi connectivity index (χ3n) is 0.899. The van der Waals surface area contributed by atoms with Gasteiger partial charge in [-0.2, -0.15) is 0 Å². The molecule has 1 radical (unpaired) electrons. The first kappa shape index (κ1) is 5.16. The van der Waals surface area contributed by atoms with Gasteiger partial charge in [0.2, 0.25) is 0 Å². The summed E-state index contributed by atoms with van der Waals surface area (Å²) in [4.78, 5) is 0. The Balaban J connectivity index is 2.62. The van der Waals surface area contributed by atoms with Gasteiger partial charge in [-0.3, -0.25) is 0 Å². The molecule has 0 N–H and O–H groups in total. The van der Waals surface area contributed by atoms with Gasteiger partial charge < -0.3 is 4.42 Å². The number of hydrogen-bond donors (Lipinski definition) is 0. The Labute approximate surface area is 48.6 Å². The molecule has 1 heterocycles. The highest BCUT2D eigenvalue weighted by Crippen LogP contribution is 1.99. The zero-order valence-corrected chi connectivity index (χ0v) is 4.50. The van der Waals surface area contributed by atoms with E-state index in [0.29, 0.717) is 6.42 Å². The van der Waals surface area contributed by atoms with E-state index in [0.717, 1.165) is 5.76 Å². The molecule has 0 spiro atoms. The highest BCUT2D eigenvalue weighted by Gasteiger charge is 1.86. The monoisotopic (exact) mass is 107 g/mol. The van der Waals surface area contributed by atoms with Crippen molar-refractivity contribution in [2.45, 2.75) is 6.42 Å². The maximum absolute atomic E-state index is 5.13. The zero-order chi connectivity index (χ0) is 5.82. The van der Waals surface area contributed by atoms with Gasteiger partial charge in [-0.1, -0.05) is 12.7 Å². The van der Waals surface area contributed by atoms with Crippen LogP contribution in [0.5, 0.6) is 0 Å². The lowest BCUT2D eigenvalue weighted by molar-refractivity contribution is 0.523. The summed E-state index contributed by atoms with van der Waals surface area (Å²) in [6.45, 7) is 5.13. The van der Waals surface area contributed by atoms with Crippen molar-refractivity contribution < 1.29 is 4.42 Å². The highest BCUT2D eigenvalue weighted by atomic mass is 16.3. The van der Waals surface area contributed by atoms with E-state index < -0.39 is 0 Å². The van der Waals surface area contributed by atoms with Crippen LogP contribution in [-0.2, 0) is 6.42 Å². The lowest BCUT2D eigenvalue weighted by Crippen LogP contribution is -1.69. The Bertz CT molecular complexity index is 151. The van der Waals surface area contributed by atoms with Gasteiger partial charge >= 0.3 is 0 Å². The number of furan rings is 1. The third kappa shape index (κ3) is 0.997. The first-order valence-electron chi connectivity index (χ1n) is 2.49. The molecule has 0 aliphatic rings. The van der Waals surface area contributed by atoms with E-state index in [-0.39, 0.29) is 0 Å². The van der Waals surface area contributed by atoms with E-state index in [9.17, 15) is 0 Å². The highest BCUT2D eigenvalue weighted by molar-refractivity contribution is 5.01. The lowest BCUT2D eigenvalue weighted by Gasteiger charge is -1.81. The number of hydrogen-bond acceptors (Lipinski definition) is 1. The Morgan fingerprint density at radius 1 is 1.75 bits per heavy atom. The summed E-state index contributed by atoms with van der Waals surface area (Å²) >= 11 is 0. The van der Waals surface area contributed by atoms with Crippen LogP contribution in [0.15, 0.2) is 28.9 Å². The van der Waals surface area contributed by atoms with Gasteiger partial charge in [-0.25, -0.2) is 0 Å². The summed E-state index contributed by atoms with van der Waals surface area (Å²) in [6.07, 6.45) is 3.92. The lowest BCUT2D eigenvalue weighted by atomic mass is 10.3. The maximum Gasteiger partial charge on any atom is 0.107 e. The fourth-order valence-electron chi connectivity index (χ4n) is 0.545. The van der Waals surface area contributed by atoms with E-state index in [1.165, 1.54) is 0 Å². The molecule has 0 aliphatic carbocycles. The van der Waals surface area contributed by atoms with Crippen LogP contribution in [-0.4, -0.2) is 0 Å². The Hall–Kier alpha value is -0.980. The molecule has 41 valence electrons. The van der Waals surface area contributed by atoms with Crippen LogP contribution < -0.4 is 0 Å². The molecule has 1 aromatic heterocycles. The van der Waals surface area contributed by atoms with Crippen LogP contribution in [0.4, 0.5) is 0 Å². The van der Waals surface area contributed by atoms with Crippen molar-refractivity contribution >= 4 is 0 Å². The molecule has 0 aromatic carbocycles. The minimum atomic E-state index is 0.715. The Kier molecular flexibility index (Phi) is 1.52. The van der Waals surface area contributed by atoms with Gasteiger partial charge in [0.05, 0.1) is 6.26 Å². The number of allylic oxidation sites excluding steroid dienone is 1. The van der Waals surface area contributed by atoms with Crippen LogP contribution in [0, 0.1) is 6.58 Å². The van der Waals surface area contributed by atoms with Crippen LogP contribution in [0.1, 0.15) is 5.76 Å². The van der Waals surface area contributed by atoms with Crippen molar-refractivity contribution in [1.29, 1.82) is 0 Å². The summed E-state index contributed by atoms with van der Waals surface area (Å²) in [5.74, 6) is 0.910. The van der Waals surface area contributed by atoms with Crippen molar-refractivity contribution in [1.82, 2.24) is 0 Å². The Morgan fingerprint density at radius 2 is 2.62 bits per heavy atom. The topological polar surface area (TPSA) is 13.1 Å². The Morgan fingerprint density at radius 3 is 3.12 bits per heavy atom. The van der Waals surface area contributed by atoms with Gasteiger partial charge in [0.25, 0.3) is 0 Å². The molecule has 0 saturated carbocycles. The minimum Gasteiger partial charge on any atom is -0.469 e. The molecule has 1 heteroatoms. The fourth-order valence-corrected chi connectivity index (χ4v) is 0.545. The summed E-state index contributed by atoms with van der Waals surface area (Å²) in [5, 5.41) is 0. The molecule has 1 nitrogen and oxygen atoms in total. The third-order valence-corrected chi connectivity index (χ3v) is 0.899. The normalized spacial score (nSPS) is 9.00. The van der Waals surface area contributed by atoms with Crippen molar-refractivity contribution in [3.8, 4) is 0 Å². The second-order valence-corrected chi connectivity index (χ2v) is 1.52. The van der Waals surface area contributed by atoms with Crippen molar-refractivity contribution in [2.75, 3.05) is 0 Å². The smallest absolute Gasteiger partial charge is 0.107 e. The first-order valence-corrected chi connectivity index (χ1v) is 2.49. The predicted octanol–water partition coefficient (Wildman–Crippen LogP) is 1.81. The summed E-state index contributed by atoms with van der Waals surface area (Å²) in [5.41, 5.74) is 0. The molecular formula is C7H7O. The van der Waals surface area contributed by atoms with Crippen LogP contribution in [0.3, 0.4) is 0 Å². The maximum atomic E-state index is 5.13. The molecule has 0 aliphatic heterocycles. The van der Waals surface area contributed by atoms with Crippen molar-refractivity contribution in [2.24, 2.45) is 0 Å². The van der Waals surface area contributed by atoms with Crippen LogP contribution in [0.2, 0.25) is 0 Å². The second-order valence-electron chi connectivity index (χ2n) is 1.52. The van der Waals surface area contributed by atoms with E-state index in [4.69, 9.17) is 11.0 Å². The predicted molar refractivity (Wildman–Crippen MR) is 31.3 cm³/mol. The van der Waals surface area contributed by atoms with Gasteiger partial charge in [0, 0.05) is 6.42 Å². The molecule has 0 saturated heterocycles. The average Bonchev–Trinajstić information content (AvgIpc) is 2.19. The molecule has 1 aromatic rings.